The van der Waals surface area contributed by atoms with Gasteiger partial charge in [0, 0.05) is 17.3 Å². The van der Waals surface area contributed by atoms with Gasteiger partial charge in [0.2, 0.25) is 0 Å². The second-order valence-electron chi connectivity index (χ2n) is 3.43. The summed E-state index contributed by atoms with van der Waals surface area (Å²) in [6, 6.07) is 6.61. The van der Waals surface area contributed by atoms with E-state index in [1.807, 2.05) is 0 Å². The number of hydrogen-bond donors (Lipinski definition) is 2. The van der Waals surface area contributed by atoms with Crippen LogP contribution in [0.1, 0.15) is 6.92 Å². The average Bonchev–Trinajstić information content (AvgIpc) is 2.31. The quantitative estimate of drug-likeness (QED) is 0.617. The molecule has 1 rings (SSSR count). The molecule has 18 heavy (non-hydrogen) atoms. The van der Waals surface area contributed by atoms with Crippen LogP contribution in [0.2, 0.25) is 0 Å². The minimum Gasteiger partial charge on any atom is -0.478 e. The van der Waals surface area contributed by atoms with Crippen LogP contribution < -0.4 is 10.1 Å². The maximum Gasteiger partial charge on any atom is 0.328 e. The summed E-state index contributed by atoms with van der Waals surface area (Å²) >= 11 is 0. The molecule has 0 aliphatic rings. The molecule has 0 bridgehead atoms. The molecule has 0 atom stereocenters. The van der Waals surface area contributed by atoms with Gasteiger partial charge in [-0.05, 0) is 31.2 Å². The van der Waals surface area contributed by atoms with Crippen molar-refractivity contribution < 1.29 is 19.4 Å². The molecule has 0 saturated heterocycles. The molecule has 0 radical (unpaired) electrons. The highest BCUT2D eigenvalue weighted by molar-refractivity contribution is 6.06. The molecule has 5 heteroatoms. The third-order valence-corrected chi connectivity index (χ3v) is 2.03. The summed E-state index contributed by atoms with van der Waals surface area (Å²) in [5.74, 6) is -1.02. The molecule has 1 aromatic carbocycles. The smallest absolute Gasteiger partial charge is 0.328 e. The van der Waals surface area contributed by atoms with Gasteiger partial charge < -0.3 is 15.2 Å². The third kappa shape index (κ3) is 4.13. The van der Waals surface area contributed by atoms with E-state index in [1.54, 1.807) is 24.3 Å². The second kappa shape index (κ2) is 6.24. The lowest BCUT2D eigenvalue weighted by atomic mass is 10.2. The summed E-state index contributed by atoms with van der Waals surface area (Å²) in [5, 5.41) is 11.1. The van der Waals surface area contributed by atoms with Gasteiger partial charge in [-0.3, -0.25) is 4.79 Å². The standard InChI is InChI=1S/C13H13NO4/c1-3-18-11-6-4-10(5-7-11)14-13(17)9(2)8-12(15)16/h3-8H,1H2,2H3,(H,14,17)(H,15,16)/b9-8-. The maximum absolute atomic E-state index is 11.6. The van der Waals surface area contributed by atoms with Gasteiger partial charge in [0.15, 0.2) is 0 Å². The van der Waals surface area contributed by atoms with E-state index in [0.717, 1.165) is 6.08 Å². The van der Waals surface area contributed by atoms with Crippen molar-refractivity contribution in [3.8, 4) is 5.75 Å². The third-order valence-electron chi connectivity index (χ3n) is 2.03. The Morgan fingerprint density at radius 1 is 1.33 bits per heavy atom. The number of carboxylic acid groups (broad SMARTS) is 1. The van der Waals surface area contributed by atoms with Crippen LogP contribution in [0.5, 0.6) is 5.75 Å². The van der Waals surface area contributed by atoms with Crippen molar-refractivity contribution in [2.45, 2.75) is 6.92 Å². The van der Waals surface area contributed by atoms with Crippen LogP contribution in [0.15, 0.2) is 48.8 Å². The van der Waals surface area contributed by atoms with Crippen LogP contribution in [-0.2, 0) is 9.59 Å². The van der Waals surface area contributed by atoms with Crippen LogP contribution >= 0.6 is 0 Å². The lowest BCUT2D eigenvalue weighted by Crippen LogP contribution is -2.13. The fourth-order valence-electron chi connectivity index (χ4n) is 1.19. The molecule has 0 heterocycles. The van der Waals surface area contributed by atoms with Gasteiger partial charge in [-0.1, -0.05) is 6.58 Å². The lowest BCUT2D eigenvalue weighted by molar-refractivity contribution is -0.131. The normalized spacial score (nSPS) is 10.6. The molecule has 5 nitrogen and oxygen atoms in total. The van der Waals surface area contributed by atoms with Gasteiger partial charge in [-0.25, -0.2) is 4.79 Å². The highest BCUT2D eigenvalue weighted by Crippen LogP contribution is 2.16. The molecular weight excluding hydrogens is 234 g/mol. The second-order valence-corrected chi connectivity index (χ2v) is 3.43. The number of benzene rings is 1. The van der Waals surface area contributed by atoms with Gasteiger partial charge >= 0.3 is 5.97 Å². The van der Waals surface area contributed by atoms with Crippen LogP contribution in [0.3, 0.4) is 0 Å². The first-order chi connectivity index (χ1) is 8.52. The summed E-state index contributed by atoms with van der Waals surface area (Å²) in [7, 11) is 0. The van der Waals surface area contributed by atoms with Crippen molar-refractivity contribution in [3.05, 3.63) is 48.8 Å². The van der Waals surface area contributed by atoms with Gasteiger partial charge in [-0.2, -0.15) is 0 Å². The number of aliphatic carboxylic acids is 1. The average molecular weight is 247 g/mol. The van der Waals surface area contributed by atoms with Crippen molar-refractivity contribution in [2.24, 2.45) is 0 Å². The summed E-state index contributed by atoms with van der Waals surface area (Å²) in [6.45, 7) is 4.85. The van der Waals surface area contributed by atoms with E-state index < -0.39 is 11.9 Å². The van der Waals surface area contributed by atoms with Gasteiger partial charge in [0.25, 0.3) is 5.91 Å². The Labute approximate surface area is 104 Å². The first-order valence-electron chi connectivity index (χ1n) is 5.13. The fraction of sp³-hybridized carbons (Fsp3) is 0.0769. The van der Waals surface area contributed by atoms with Crippen LogP contribution in [-0.4, -0.2) is 17.0 Å². The number of rotatable bonds is 5. The Bertz CT molecular complexity index is 488. The molecule has 94 valence electrons. The first kappa shape index (κ1) is 13.5. The van der Waals surface area contributed by atoms with Crippen molar-refractivity contribution in [3.63, 3.8) is 0 Å². The summed E-state index contributed by atoms with van der Waals surface area (Å²) in [4.78, 5) is 22.0. The lowest BCUT2D eigenvalue weighted by Gasteiger charge is -2.06. The van der Waals surface area contributed by atoms with E-state index in [9.17, 15) is 9.59 Å². The maximum atomic E-state index is 11.6. The Morgan fingerprint density at radius 2 is 1.94 bits per heavy atom. The highest BCUT2D eigenvalue weighted by Gasteiger charge is 2.06. The molecule has 1 aromatic rings. The summed E-state index contributed by atoms with van der Waals surface area (Å²) in [5.41, 5.74) is 0.670. The predicted molar refractivity (Wildman–Crippen MR) is 67.3 cm³/mol. The van der Waals surface area contributed by atoms with Crippen molar-refractivity contribution in [2.75, 3.05) is 5.32 Å². The number of nitrogens with one attached hydrogen (secondary N) is 1. The Morgan fingerprint density at radius 3 is 2.44 bits per heavy atom. The zero-order valence-electron chi connectivity index (χ0n) is 9.84. The molecule has 0 aliphatic carbocycles. The molecule has 0 aliphatic heterocycles. The molecule has 0 spiro atoms. The zero-order valence-corrected chi connectivity index (χ0v) is 9.84. The SMILES string of the molecule is C=COc1ccc(NC(=O)/C(C)=C\C(=O)O)cc1. The molecule has 0 aromatic heterocycles. The van der Waals surface area contributed by atoms with Gasteiger partial charge in [-0.15, -0.1) is 0 Å². The number of carbonyl (C=O) groups excluding carboxylic acids is 1. The predicted octanol–water partition coefficient (Wildman–Crippen LogP) is 2.18. The Hall–Kier alpha value is -2.56. The number of carboxylic acids is 1. The highest BCUT2D eigenvalue weighted by atomic mass is 16.5. The molecule has 2 N–H and O–H groups in total. The fourth-order valence-corrected chi connectivity index (χ4v) is 1.19. The summed E-state index contributed by atoms with van der Waals surface area (Å²) < 4.78 is 5.03. The molecule has 1 amide bonds. The van der Waals surface area contributed by atoms with E-state index in [2.05, 4.69) is 11.9 Å². The van der Waals surface area contributed by atoms with Gasteiger partial charge in [0.05, 0.1) is 6.26 Å². The first-order valence-corrected chi connectivity index (χ1v) is 5.13. The van der Waals surface area contributed by atoms with Crippen LogP contribution in [0.25, 0.3) is 0 Å². The molecule has 0 saturated carbocycles. The number of ether oxygens (including phenoxy) is 1. The van der Waals surface area contributed by atoms with E-state index in [4.69, 9.17) is 9.84 Å². The van der Waals surface area contributed by atoms with E-state index in [-0.39, 0.29) is 5.57 Å². The molecule has 0 fully saturated rings. The van der Waals surface area contributed by atoms with Crippen molar-refractivity contribution >= 4 is 17.6 Å². The topological polar surface area (TPSA) is 75.6 Å². The monoisotopic (exact) mass is 247 g/mol. The van der Waals surface area contributed by atoms with Crippen molar-refractivity contribution in [1.29, 1.82) is 0 Å². The zero-order chi connectivity index (χ0) is 13.5. The minimum absolute atomic E-state index is 0.119. The van der Waals surface area contributed by atoms with E-state index in [1.165, 1.54) is 13.2 Å². The number of carbonyl (C=O) groups is 2. The summed E-state index contributed by atoms with van der Waals surface area (Å²) in [6.07, 6.45) is 2.15. The van der Waals surface area contributed by atoms with E-state index in [0.29, 0.717) is 11.4 Å². The molecular formula is C13H13NO4. The van der Waals surface area contributed by atoms with Crippen LogP contribution in [0, 0.1) is 0 Å². The number of anilines is 1. The Balaban J connectivity index is 2.70. The van der Waals surface area contributed by atoms with Crippen LogP contribution in [0.4, 0.5) is 5.69 Å². The van der Waals surface area contributed by atoms with Gasteiger partial charge in [0.1, 0.15) is 5.75 Å². The Kier molecular flexibility index (Phi) is 4.68. The van der Waals surface area contributed by atoms with E-state index >= 15 is 0 Å². The largest absolute Gasteiger partial charge is 0.478 e. The van der Waals surface area contributed by atoms with Crippen molar-refractivity contribution in [1.82, 2.24) is 0 Å². The minimum atomic E-state index is -1.16. The number of amides is 1. The molecule has 0 unspecified atom stereocenters. The number of hydrogen-bond acceptors (Lipinski definition) is 3.